The number of nitrogens with one attached hydrogen (secondary N) is 2. The van der Waals surface area contributed by atoms with Crippen molar-refractivity contribution in [1.82, 2.24) is 5.32 Å². The first-order chi connectivity index (χ1) is 10.1. The van der Waals surface area contributed by atoms with Gasteiger partial charge in [-0.05, 0) is 29.3 Å². The quantitative estimate of drug-likeness (QED) is 0.801. The molecule has 4 nitrogen and oxygen atoms in total. The number of rotatable bonds is 4. The number of nitrogens with two attached hydrogens (primary N) is 1. The van der Waals surface area contributed by atoms with Gasteiger partial charge in [0.25, 0.3) is 0 Å². The molecule has 0 aliphatic rings. The Morgan fingerprint density at radius 1 is 1.05 bits per heavy atom. The Morgan fingerprint density at radius 3 is 2.43 bits per heavy atom. The molecule has 0 heterocycles. The van der Waals surface area contributed by atoms with Crippen LogP contribution in [0, 0.1) is 0 Å². The Hall–Kier alpha value is -1.75. The van der Waals surface area contributed by atoms with Crippen LogP contribution in [-0.2, 0) is 13.1 Å². The summed E-state index contributed by atoms with van der Waals surface area (Å²) >= 11 is 11.7. The maximum absolute atomic E-state index is 11.9. The highest BCUT2D eigenvalue weighted by atomic mass is 35.5. The second-order valence-electron chi connectivity index (χ2n) is 4.41. The van der Waals surface area contributed by atoms with E-state index >= 15 is 0 Å². The van der Waals surface area contributed by atoms with Gasteiger partial charge in [0.2, 0.25) is 0 Å². The smallest absolute Gasteiger partial charge is 0.319 e. The van der Waals surface area contributed by atoms with E-state index in [1.54, 1.807) is 18.2 Å². The van der Waals surface area contributed by atoms with Gasteiger partial charge in [0.15, 0.2) is 0 Å². The summed E-state index contributed by atoms with van der Waals surface area (Å²) in [4.78, 5) is 11.9. The Labute approximate surface area is 133 Å². The minimum atomic E-state index is -0.319. The van der Waals surface area contributed by atoms with Crippen LogP contribution in [0.25, 0.3) is 0 Å². The van der Waals surface area contributed by atoms with Crippen molar-refractivity contribution in [3.63, 3.8) is 0 Å². The Morgan fingerprint density at radius 2 is 1.76 bits per heavy atom. The van der Waals surface area contributed by atoms with E-state index in [0.29, 0.717) is 28.8 Å². The van der Waals surface area contributed by atoms with Gasteiger partial charge in [0.1, 0.15) is 0 Å². The first-order valence-corrected chi connectivity index (χ1v) is 7.12. The monoisotopic (exact) mass is 323 g/mol. The molecule has 2 amide bonds. The molecule has 110 valence electrons. The van der Waals surface area contributed by atoms with E-state index in [1.807, 2.05) is 24.3 Å². The molecule has 6 heteroatoms. The molecule has 4 N–H and O–H groups in total. The topological polar surface area (TPSA) is 67.1 Å². The summed E-state index contributed by atoms with van der Waals surface area (Å²) < 4.78 is 0. The van der Waals surface area contributed by atoms with Crippen molar-refractivity contribution in [1.29, 1.82) is 0 Å². The fourth-order valence-electron chi connectivity index (χ4n) is 1.85. The minimum absolute atomic E-state index is 0.319. The molecule has 2 aromatic carbocycles. The standard InChI is InChI=1S/C15H15Cl2N3O/c16-13-6-5-12(7-14(13)17)20-15(21)19-9-11-4-2-1-3-10(11)8-18/h1-7H,8-9,18H2,(H2,19,20,21). The molecule has 0 atom stereocenters. The van der Waals surface area contributed by atoms with Crippen LogP contribution in [0.2, 0.25) is 10.0 Å². The molecule has 2 aromatic rings. The van der Waals surface area contributed by atoms with Gasteiger partial charge in [-0.1, -0.05) is 47.5 Å². The van der Waals surface area contributed by atoms with Crippen LogP contribution in [0.5, 0.6) is 0 Å². The minimum Gasteiger partial charge on any atom is -0.334 e. The third kappa shape index (κ3) is 4.36. The lowest BCUT2D eigenvalue weighted by Gasteiger charge is -2.10. The van der Waals surface area contributed by atoms with E-state index in [0.717, 1.165) is 11.1 Å². The third-order valence-electron chi connectivity index (χ3n) is 2.96. The van der Waals surface area contributed by atoms with Crippen molar-refractivity contribution in [2.45, 2.75) is 13.1 Å². The Balaban J connectivity index is 1.94. The van der Waals surface area contributed by atoms with Crippen molar-refractivity contribution in [2.75, 3.05) is 5.32 Å². The first kappa shape index (κ1) is 15.6. The average molecular weight is 324 g/mol. The summed E-state index contributed by atoms with van der Waals surface area (Å²) in [7, 11) is 0. The van der Waals surface area contributed by atoms with E-state index in [-0.39, 0.29) is 6.03 Å². The van der Waals surface area contributed by atoms with E-state index in [9.17, 15) is 4.79 Å². The zero-order chi connectivity index (χ0) is 15.2. The lowest BCUT2D eigenvalue weighted by Crippen LogP contribution is -2.28. The Kier molecular flexibility index (Phi) is 5.44. The average Bonchev–Trinajstić information content (AvgIpc) is 2.49. The van der Waals surface area contributed by atoms with Crippen LogP contribution in [0.1, 0.15) is 11.1 Å². The van der Waals surface area contributed by atoms with E-state index in [1.165, 1.54) is 0 Å². The van der Waals surface area contributed by atoms with Crippen LogP contribution < -0.4 is 16.4 Å². The zero-order valence-electron chi connectivity index (χ0n) is 11.2. The second kappa shape index (κ2) is 7.31. The van der Waals surface area contributed by atoms with Crippen molar-refractivity contribution < 1.29 is 4.79 Å². The van der Waals surface area contributed by atoms with E-state index < -0.39 is 0 Å². The van der Waals surface area contributed by atoms with Gasteiger partial charge >= 0.3 is 6.03 Å². The summed E-state index contributed by atoms with van der Waals surface area (Å²) in [6.07, 6.45) is 0. The number of hydrogen-bond acceptors (Lipinski definition) is 2. The van der Waals surface area contributed by atoms with Gasteiger partial charge < -0.3 is 16.4 Å². The molecule has 0 aromatic heterocycles. The van der Waals surface area contributed by atoms with Crippen LogP contribution in [0.4, 0.5) is 10.5 Å². The summed E-state index contributed by atoms with van der Waals surface area (Å²) in [5.41, 5.74) is 8.23. The number of urea groups is 1. The lowest BCUT2D eigenvalue weighted by atomic mass is 10.1. The maximum Gasteiger partial charge on any atom is 0.319 e. The van der Waals surface area contributed by atoms with Gasteiger partial charge in [-0.2, -0.15) is 0 Å². The van der Waals surface area contributed by atoms with Crippen LogP contribution in [-0.4, -0.2) is 6.03 Å². The molecule has 0 spiro atoms. The van der Waals surface area contributed by atoms with Crippen molar-refractivity contribution in [2.24, 2.45) is 5.73 Å². The normalized spacial score (nSPS) is 10.2. The van der Waals surface area contributed by atoms with Gasteiger partial charge in [0, 0.05) is 18.8 Å². The summed E-state index contributed by atoms with van der Waals surface area (Å²) in [5.74, 6) is 0. The number of carbonyl (C=O) groups excluding carboxylic acids is 1. The highest BCUT2D eigenvalue weighted by Crippen LogP contribution is 2.24. The lowest BCUT2D eigenvalue weighted by molar-refractivity contribution is 0.251. The number of amides is 2. The van der Waals surface area contributed by atoms with Gasteiger partial charge in [-0.25, -0.2) is 4.79 Å². The maximum atomic E-state index is 11.9. The first-order valence-electron chi connectivity index (χ1n) is 6.37. The molecule has 2 rings (SSSR count). The van der Waals surface area contributed by atoms with E-state index in [4.69, 9.17) is 28.9 Å². The predicted molar refractivity (Wildman–Crippen MR) is 86.7 cm³/mol. The number of halogens is 2. The van der Waals surface area contributed by atoms with Crippen LogP contribution in [0.15, 0.2) is 42.5 Å². The fraction of sp³-hybridized carbons (Fsp3) is 0.133. The zero-order valence-corrected chi connectivity index (χ0v) is 12.7. The molecule has 0 fully saturated rings. The molecule has 0 bridgehead atoms. The molecule has 0 unspecified atom stereocenters. The second-order valence-corrected chi connectivity index (χ2v) is 5.22. The molecule has 21 heavy (non-hydrogen) atoms. The molecule has 0 saturated carbocycles. The van der Waals surface area contributed by atoms with Gasteiger partial charge in [0.05, 0.1) is 10.0 Å². The number of anilines is 1. The van der Waals surface area contributed by atoms with E-state index in [2.05, 4.69) is 10.6 Å². The molecule has 0 aliphatic carbocycles. The largest absolute Gasteiger partial charge is 0.334 e. The summed E-state index contributed by atoms with van der Waals surface area (Å²) in [5, 5.41) is 6.30. The summed E-state index contributed by atoms with van der Waals surface area (Å²) in [6.45, 7) is 0.840. The highest BCUT2D eigenvalue weighted by molar-refractivity contribution is 6.42. The van der Waals surface area contributed by atoms with Gasteiger partial charge in [-0.3, -0.25) is 0 Å². The van der Waals surface area contributed by atoms with Gasteiger partial charge in [-0.15, -0.1) is 0 Å². The third-order valence-corrected chi connectivity index (χ3v) is 3.69. The number of benzene rings is 2. The molecule has 0 saturated heterocycles. The van der Waals surface area contributed by atoms with Crippen molar-refractivity contribution in [3.8, 4) is 0 Å². The molecular weight excluding hydrogens is 309 g/mol. The van der Waals surface area contributed by atoms with Crippen LogP contribution in [0.3, 0.4) is 0 Å². The summed E-state index contributed by atoms with van der Waals surface area (Å²) in [6, 6.07) is 12.3. The highest BCUT2D eigenvalue weighted by Gasteiger charge is 2.05. The molecule has 0 radical (unpaired) electrons. The number of hydrogen-bond donors (Lipinski definition) is 3. The Bertz CT molecular complexity index is 647. The number of carbonyl (C=O) groups is 1. The fourth-order valence-corrected chi connectivity index (χ4v) is 2.15. The van der Waals surface area contributed by atoms with Crippen LogP contribution >= 0.6 is 23.2 Å². The SMILES string of the molecule is NCc1ccccc1CNC(=O)Nc1ccc(Cl)c(Cl)c1. The van der Waals surface area contributed by atoms with Crippen molar-refractivity contribution in [3.05, 3.63) is 63.6 Å². The molecule has 0 aliphatic heterocycles. The molecular formula is C15H15Cl2N3O. The predicted octanol–water partition coefficient (Wildman–Crippen LogP) is 3.77. The van der Waals surface area contributed by atoms with Crippen molar-refractivity contribution >= 4 is 34.9 Å².